The zero-order chi connectivity index (χ0) is 15.9. The molecule has 6 nitrogen and oxygen atoms in total. The molecule has 1 aromatic heterocycles. The Morgan fingerprint density at radius 1 is 1.18 bits per heavy atom. The van der Waals surface area contributed by atoms with Gasteiger partial charge < -0.3 is 15.4 Å². The van der Waals surface area contributed by atoms with Crippen LogP contribution in [-0.4, -0.2) is 36.1 Å². The molecule has 8 heteroatoms. The fourth-order valence-corrected chi connectivity index (χ4v) is 2.17. The molecule has 1 aromatic carbocycles. The maximum absolute atomic E-state index is 11.8. The predicted molar refractivity (Wildman–Crippen MR) is 86.0 cm³/mol. The minimum absolute atomic E-state index is 0.228. The van der Waals surface area contributed by atoms with Crippen molar-refractivity contribution in [2.75, 3.05) is 25.6 Å². The summed E-state index contributed by atoms with van der Waals surface area (Å²) < 4.78 is 4.85. The monoisotopic (exact) mass is 340 g/mol. The van der Waals surface area contributed by atoms with Crippen molar-refractivity contribution in [3.05, 3.63) is 46.3 Å². The molecule has 1 heterocycles. The number of anilines is 2. The van der Waals surface area contributed by atoms with Gasteiger partial charge in [-0.25, -0.2) is 9.97 Å². The molecule has 22 heavy (non-hydrogen) atoms. The van der Waals surface area contributed by atoms with Gasteiger partial charge in [-0.15, -0.1) is 0 Å². The van der Waals surface area contributed by atoms with E-state index < -0.39 is 0 Å². The summed E-state index contributed by atoms with van der Waals surface area (Å²) in [7, 11) is 1.56. The molecule has 2 rings (SSSR count). The highest BCUT2D eigenvalue weighted by atomic mass is 35.5. The molecule has 1 amide bonds. The fraction of sp³-hybridized carbons (Fsp3) is 0.214. The molecule has 0 bridgehead atoms. The van der Waals surface area contributed by atoms with Crippen LogP contribution in [0.15, 0.2) is 30.6 Å². The van der Waals surface area contributed by atoms with Crippen LogP contribution in [0, 0.1) is 0 Å². The quantitative estimate of drug-likeness (QED) is 0.790. The number of halogens is 2. The minimum atomic E-state index is -0.304. The first kappa shape index (κ1) is 16.5. The molecule has 0 radical (unpaired) electrons. The lowest BCUT2D eigenvalue weighted by atomic mass is 10.3. The number of hydrogen-bond acceptors (Lipinski definition) is 5. The van der Waals surface area contributed by atoms with E-state index in [9.17, 15) is 4.79 Å². The van der Waals surface area contributed by atoms with Crippen LogP contribution in [0.5, 0.6) is 0 Å². The SMILES string of the molecule is COCCNC(=O)c1cnc(Nc2cc(Cl)cc(Cl)c2)cn1. The first-order chi connectivity index (χ1) is 10.6. The molecule has 2 N–H and O–H groups in total. The summed E-state index contributed by atoms with van der Waals surface area (Å²) in [6.45, 7) is 0.854. The summed E-state index contributed by atoms with van der Waals surface area (Å²) in [6.07, 6.45) is 2.84. The molecule has 0 aliphatic rings. The summed E-state index contributed by atoms with van der Waals surface area (Å²) in [4.78, 5) is 19.9. The smallest absolute Gasteiger partial charge is 0.271 e. The average Bonchev–Trinajstić information content (AvgIpc) is 2.47. The van der Waals surface area contributed by atoms with E-state index in [2.05, 4.69) is 20.6 Å². The molecule has 2 aromatic rings. The molecule has 0 aliphatic carbocycles. The summed E-state index contributed by atoms with van der Waals surface area (Å²) >= 11 is 11.8. The van der Waals surface area contributed by atoms with Crippen LogP contribution < -0.4 is 10.6 Å². The van der Waals surface area contributed by atoms with Gasteiger partial charge in [0.1, 0.15) is 11.5 Å². The van der Waals surface area contributed by atoms with Gasteiger partial charge in [-0.2, -0.15) is 0 Å². The molecule has 116 valence electrons. The molecule has 0 aliphatic heterocycles. The first-order valence-electron chi connectivity index (χ1n) is 6.41. The van der Waals surface area contributed by atoms with Crippen molar-refractivity contribution in [2.45, 2.75) is 0 Å². The zero-order valence-electron chi connectivity index (χ0n) is 11.8. The van der Waals surface area contributed by atoms with E-state index in [1.807, 2.05) is 0 Å². The van der Waals surface area contributed by atoms with Gasteiger partial charge >= 0.3 is 0 Å². The third-order valence-electron chi connectivity index (χ3n) is 2.61. The van der Waals surface area contributed by atoms with Gasteiger partial charge in [-0.1, -0.05) is 23.2 Å². The second-order valence-corrected chi connectivity index (χ2v) is 5.19. The van der Waals surface area contributed by atoms with Crippen molar-refractivity contribution in [3.8, 4) is 0 Å². The van der Waals surface area contributed by atoms with Crippen LogP contribution in [0.2, 0.25) is 10.0 Å². The Hall–Kier alpha value is -1.89. The second-order valence-electron chi connectivity index (χ2n) is 4.32. The molecule has 0 spiro atoms. The number of methoxy groups -OCH3 is 1. The van der Waals surface area contributed by atoms with Gasteiger partial charge in [-0.3, -0.25) is 4.79 Å². The summed E-state index contributed by atoms with van der Waals surface area (Å²) in [5.41, 5.74) is 0.912. The maximum Gasteiger partial charge on any atom is 0.271 e. The average molecular weight is 341 g/mol. The van der Waals surface area contributed by atoms with Crippen LogP contribution in [0.3, 0.4) is 0 Å². The Kier molecular flexibility index (Phi) is 5.94. The molecule has 0 saturated carbocycles. The Morgan fingerprint density at radius 2 is 1.91 bits per heavy atom. The van der Waals surface area contributed by atoms with Crippen molar-refractivity contribution in [1.82, 2.24) is 15.3 Å². The highest BCUT2D eigenvalue weighted by Crippen LogP contribution is 2.24. The van der Waals surface area contributed by atoms with E-state index in [1.165, 1.54) is 12.4 Å². The largest absolute Gasteiger partial charge is 0.383 e. The number of ether oxygens (including phenoxy) is 1. The first-order valence-corrected chi connectivity index (χ1v) is 7.16. The van der Waals surface area contributed by atoms with Gasteiger partial charge in [0.2, 0.25) is 0 Å². The number of nitrogens with zero attached hydrogens (tertiary/aromatic N) is 2. The van der Waals surface area contributed by atoms with Crippen LogP contribution in [0.25, 0.3) is 0 Å². The van der Waals surface area contributed by atoms with E-state index in [4.69, 9.17) is 27.9 Å². The minimum Gasteiger partial charge on any atom is -0.383 e. The number of nitrogens with one attached hydrogen (secondary N) is 2. The Bertz CT molecular complexity index is 630. The van der Waals surface area contributed by atoms with Gasteiger partial charge in [0, 0.05) is 29.4 Å². The second kappa shape index (κ2) is 7.93. The lowest BCUT2D eigenvalue weighted by Crippen LogP contribution is -2.27. The predicted octanol–water partition coefficient (Wildman–Crippen LogP) is 2.90. The summed E-state index contributed by atoms with van der Waals surface area (Å²) in [5, 5.41) is 6.69. The van der Waals surface area contributed by atoms with Crippen LogP contribution in [0.1, 0.15) is 10.5 Å². The molecular formula is C14H14Cl2N4O2. The van der Waals surface area contributed by atoms with Crippen molar-refractivity contribution in [1.29, 1.82) is 0 Å². The number of rotatable bonds is 6. The molecule has 0 fully saturated rings. The molecule has 0 unspecified atom stereocenters. The summed E-state index contributed by atoms with van der Waals surface area (Å²) in [6, 6.07) is 5.05. The third-order valence-corrected chi connectivity index (χ3v) is 3.05. The van der Waals surface area contributed by atoms with E-state index in [-0.39, 0.29) is 11.6 Å². The lowest BCUT2D eigenvalue weighted by molar-refractivity contribution is 0.0932. The normalized spacial score (nSPS) is 10.3. The van der Waals surface area contributed by atoms with Crippen molar-refractivity contribution < 1.29 is 9.53 Å². The third kappa shape index (κ3) is 4.84. The zero-order valence-corrected chi connectivity index (χ0v) is 13.3. The van der Waals surface area contributed by atoms with E-state index in [0.29, 0.717) is 34.7 Å². The van der Waals surface area contributed by atoms with Gasteiger partial charge in [-0.05, 0) is 18.2 Å². The summed E-state index contributed by atoms with van der Waals surface area (Å²) in [5.74, 6) is 0.175. The van der Waals surface area contributed by atoms with Crippen LogP contribution >= 0.6 is 23.2 Å². The van der Waals surface area contributed by atoms with Gasteiger partial charge in [0.15, 0.2) is 0 Å². The molecular weight excluding hydrogens is 327 g/mol. The number of aromatic nitrogens is 2. The molecule has 0 saturated heterocycles. The van der Waals surface area contributed by atoms with E-state index in [0.717, 1.165) is 0 Å². The van der Waals surface area contributed by atoms with Crippen LogP contribution in [0.4, 0.5) is 11.5 Å². The highest BCUT2D eigenvalue weighted by molar-refractivity contribution is 6.35. The Labute approximate surface area is 137 Å². The van der Waals surface area contributed by atoms with Crippen molar-refractivity contribution in [3.63, 3.8) is 0 Å². The number of amides is 1. The van der Waals surface area contributed by atoms with E-state index in [1.54, 1.807) is 25.3 Å². The topological polar surface area (TPSA) is 76.1 Å². The standard InChI is InChI=1S/C14H14Cl2N4O2/c1-22-3-2-17-14(21)12-7-19-13(8-18-12)20-11-5-9(15)4-10(16)6-11/h4-8H,2-3H2,1H3,(H,17,21)(H,19,20). The van der Waals surface area contributed by atoms with E-state index >= 15 is 0 Å². The number of carbonyl (C=O) groups excluding carboxylic acids is 1. The van der Waals surface area contributed by atoms with Crippen molar-refractivity contribution in [2.24, 2.45) is 0 Å². The number of hydrogen-bond donors (Lipinski definition) is 2. The Morgan fingerprint density at radius 3 is 2.50 bits per heavy atom. The highest BCUT2D eigenvalue weighted by Gasteiger charge is 2.07. The Balaban J connectivity index is 2.01. The van der Waals surface area contributed by atoms with Crippen molar-refractivity contribution >= 4 is 40.6 Å². The van der Waals surface area contributed by atoms with Gasteiger partial charge in [0.05, 0.1) is 19.0 Å². The maximum atomic E-state index is 11.8. The fourth-order valence-electron chi connectivity index (χ4n) is 1.64. The van der Waals surface area contributed by atoms with Crippen LogP contribution in [-0.2, 0) is 4.74 Å². The van der Waals surface area contributed by atoms with Gasteiger partial charge in [0.25, 0.3) is 5.91 Å². The number of carbonyl (C=O) groups is 1. The molecule has 0 atom stereocenters. The lowest BCUT2D eigenvalue weighted by Gasteiger charge is -2.07. The number of benzene rings is 1.